The Bertz CT molecular complexity index is 1410. The minimum absolute atomic E-state index is 0.0226. The van der Waals surface area contributed by atoms with E-state index in [2.05, 4.69) is 10.4 Å². The van der Waals surface area contributed by atoms with Crippen LogP contribution < -0.4 is 10.1 Å². The fourth-order valence-electron chi connectivity index (χ4n) is 3.28. The largest absolute Gasteiger partial charge is 0.489 e. The van der Waals surface area contributed by atoms with E-state index >= 15 is 0 Å². The predicted molar refractivity (Wildman–Crippen MR) is 122 cm³/mol. The van der Waals surface area contributed by atoms with Crippen LogP contribution in [0.2, 0.25) is 5.02 Å². The molecule has 3 aromatic carbocycles. The number of rotatable bonds is 7. The molecule has 4 aromatic rings. The van der Waals surface area contributed by atoms with Crippen molar-refractivity contribution in [3.8, 4) is 5.75 Å². The number of nitrogens with one attached hydrogen (secondary N) is 1. The molecule has 1 heterocycles. The van der Waals surface area contributed by atoms with Crippen LogP contribution in [0, 0.1) is 36.0 Å². The number of halogens is 6. The molecule has 11 heteroatoms. The zero-order valence-corrected chi connectivity index (χ0v) is 19.3. The van der Waals surface area contributed by atoms with E-state index in [1.807, 2.05) is 13.0 Å². The van der Waals surface area contributed by atoms with E-state index in [4.69, 9.17) is 16.3 Å². The fourth-order valence-corrected chi connectivity index (χ4v) is 3.40. The summed E-state index contributed by atoms with van der Waals surface area (Å²) in [5, 5.41) is 7.06. The Morgan fingerprint density at radius 3 is 2.22 bits per heavy atom. The number of carbonyl (C=O) groups excluding carboxylic acids is 1. The van der Waals surface area contributed by atoms with Gasteiger partial charge in [-0.3, -0.25) is 9.48 Å². The summed E-state index contributed by atoms with van der Waals surface area (Å²) in [4.78, 5) is 12.5. The smallest absolute Gasteiger partial charge is 0.256 e. The lowest BCUT2D eigenvalue weighted by molar-refractivity contribution is 0.102. The van der Waals surface area contributed by atoms with E-state index in [0.717, 1.165) is 15.8 Å². The minimum atomic E-state index is -2.24. The van der Waals surface area contributed by atoms with E-state index in [1.54, 1.807) is 36.4 Å². The molecule has 1 amide bonds. The highest BCUT2D eigenvalue weighted by atomic mass is 35.5. The number of benzene rings is 3. The lowest BCUT2D eigenvalue weighted by Crippen LogP contribution is -2.14. The topological polar surface area (TPSA) is 56.1 Å². The van der Waals surface area contributed by atoms with Crippen molar-refractivity contribution in [3.63, 3.8) is 0 Å². The highest BCUT2D eigenvalue weighted by molar-refractivity contribution is 6.31. The van der Waals surface area contributed by atoms with Crippen molar-refractivity contribution in [1.29, 1.82) is 0 Å². The number of ether oxygens (including phenoxy) is 1. The number of amides is 1. The molecule has 4 rings (SSSR count). The molecule has 186 valence electrons. The van der Waals surface area contributed by atoms with Crippen LogP contribution in [-0.2, 0) is 13.2 Å². The van der Waals surface area contributed by atoms with Gasteiger partial charge in [0.05, 0.1) is 12.1 Å². The summed E-state index contributed by atoms with van der Waals surface area (Å²) in [7, 11) is 0. The van der Waals surface area contributed by atoms with Crippen molar-refractivity contribution in [2.45, 2.75) is 20.1 Å². The number of hydrogen-bond acceptors (Lipinski definition) is 3. The van der Waals surface area contributed by atoms with Gasteiger partial charge in [0.1, 0.15) is 12.4 Å². The maximum absolute atomic E-state index is 13.9. The molecule has 0 saturated carbocycles. The van der Waals surface area contributed by atoms with Gasteiger partial charge < -0.3 is 10.1 Å². The van der Waals surface area contributed by atoms with Crippen LogP contribution >= 0.6 is 11.6 Å². The van der Waals surface area contributed by atoms with Gasteiger partial charge in [-0.1, -0.05) is 23.7 Å². The van der Waals surface area contributed by atoms with Gasteiger partial charge in [-0.25, -0.2) is 22.0 Å². The molecule has 0 radical (unpaired) electrons. The van der Waals surface area contributed by atoms with E-state index in [0.29, 0.717) is 16.3 Å². The first-order valence-corrected chi connectivity index (χ1v) is 10.8. The van der Waals surface area contributed by atoms with Crippen LogP contribution in [0.25, 0.3) is 0 Å². The molecule has 0 bridgehead atoms. The number of nitrogens with zero attached hydrogens (tertiary/aromatic N) is 2. The third-order valence-corrected chi connectivity index (χ3v) is 5.68. The molecule has 36 heavy (non-hydrogen) atoms. The van der Waals surface area contributed by atoms with E-state index in [9.17, 15) is 26.7 Å². The third-order valence-electron chi connectivity index (χ3n) is 5.25. The van der Waals surface area contributed by atoms with Gasteiger partial charge in [-0.2, -0.15) is 5.10 Å². The highest BCUT2D eigenvalue weighted by Crippen LogP contribution is 2.24. The van der Waals surface area contributed by atoms with Crippen molar-refractivity contribution < 1.29 is 31.5 Å². The second-order valence-corrected chi connectivity index (χ2v) is 8.20. The Morgan fingerprint density at radius 2 is 1.58 bits per heavy atom. The maximum Gasteiger partial charge on any atom is 0.256 e. The molecular weight excluding hydrogens is 505 g/mol. The average molecular weight is 522 g/mol. The van der Waals surface area contributed by atoms with Crippen molar-refractivity contribution in [2.24, 2.45) is 0 Å². The SMILES string of the molecule is Cc1cc(OCc2ccc(C(=O)Nc3ccn(Cc4c(F)c(F)c(F)c(F)c4F)n3)cc2)ccc1Cl. The predicted octanol–water partition coefficient (Wildman–Crippen LogP) is 6.42. The minimum Gasteiger partial charge on any atom is -0.489 e. The third kappa shape index (κ3) is 5.33. The van der Waals surface area contributed by atoms with E-state index in [-0.39, 0.29) is 12.4 Å². The number of carbonyl (C=O) groups is 1. The van der Waals surface area contributed by atoms with Crippen LogP contribution in [0.4, 0.5) is 27.8 Å². The summed E-state index contributed by atoms with van der Waals surface area (Å²) in [5.41, 5.74) is 0.955. The summed E-state index contributed by atoms with van der Waals surface area (Å²) in [5.74, 6) is -10.0. The lowest BCUT2D eigenvalue weighted by Gasteiger charge is -2.09. The van der Waals surface area contributed by atoms with Gasteiger partial charge in [0.2, 0.25) is 5.82 Å². The average Bonchev–Trinajstić information content (AvgIpc) is 3.32. The van der Waals surface area contributed by atoms with Crippen LogP contribution in [0.5, 0.6) is 5.75 Å². The second kappa shape index (κ2) is 10.4. The standard InChI is InChI=1S/C25H17ClF5N3O2/c1-13-10-16(6-7-18(13)26)36-12-14-2-4-15(5-3-14)25(35)32-19-8-9-34(33-19)11-17-20(27)22(29)24(31)23(30)21(17)28/h2-10H,11-12H2,1H3,(H,32,33,35). The number of aromatic nitrogens is 2. The van der Waals surface area contributed by atoms with Gasteiger partial charge >= 0.3 is 0 Å². The number of aryl methyl sites for hydroxylation is 1. The molecule has 1 aromatic heterocycles. The van der Waals surface area contributed by atoms with Crippen molar-refractivity contribution in [1.82, 2.24) is 9.78 Å². The summed E-state index contributed by atoms with van der Waals surface area (Å²) >= 11 is 6.00. The van der Waals surface area contributed by atoms with Crippen molar-refractivity contribution in [2.75, 3.05) is 5.32 Å². The molecule has 0 fully saturated rings. The fraction of sp³-hybridized carbons (Fsp3) is 0.120. The molecule has 0 spiro atoms. The molecule has 0 atom stereocenters. The van der Waals surface area contributed by atoms with E-state index < -0.39 is 47.1 Å². The van der Waals surface area contributed by atoms with Crippen LogP contribution in [0.1, 0.15) is 27.0 Å². The van der Waals surface area contributed by atoms with Crippen molar-refractivity contribution >= 4 is 23.3 Å². The first kappa shape index (κ1) is 25.2. The lowest BCUT2D eigenvalue weighted by atomic mass is 10.1. The highest BCUT2D eigenvalue weighted by Gasteiger charge is 2.26. The quantitative estimate of drug-likeness (QED) is 0.173. The van der Waals surface area contributed by atoms with Crippen LogP contribution in [0.15, 0.2) is 54.7 Å². The van der Waals surface area contributed by atoms with Gasteiger partial charge in [0, 0.05) is 22.8 Å². The molecule has 1 N–H and O–H groups in total. The second-order valence-electron chi connectivity index (χ2n) is 7.80. The molecule has 0 saturated heterocycles. The van der Waals surface area contributed by atoms with E-state index in [1.165, 1.54) is 12.3 Å². The monoisotopic (exact) mass is 521 g/mol. The Labute approximate surface area is 207 Å². The zero-order chi connectivity index (χ0) is 26.0. The van der Waals surface area contributed by atoms with Gasteiger partial charge in [-0.15, -0.1) is 0 Å². The molecule has 0 aliphatic heterocycles. The summed E-state index contributed by atoms with van der Waals surface area (Å²) in [6.45, 7) is 1.40. The van der Waals surface area contributed by atoms with Gasteiger partial charge in [0.25, 0.3) is 5.91 Å². The molecule has 0 aliphatic carbocycles. The van der Waals surface area contributed by atoms with Crippen LogP contribution in [0.3, 0.4) is 0 Å². The summed E-state index contributed by atoms with van der Waals surface area (Å²) in [6.07, 6.45) is 1.23. The normalized spacial score (nSPS) is 11.0. The zero-order valence-electron chi connectivity index (χ0n) is 18.6. The number of anilines is 1. The Kier molecular flexibility index (Phi) is 7.25. The van der Waals surface area contributed by atoms with Gasteiger partial charge in [-0.05, 0) is 48.4 Å². The molecule has 5 nitrogen and oxygen atoms in total. The van der Waals surface area contributed by atoms with Crippen molar-refractivity contribution in [3.05, 3.63) is 111 Å². The Morgan fingerprint density at radius 1 is 0.944 bits per heavy atom. The first-order valence-electron chi connectivity index (χ1n) is 10.5. The Balaban J connectivity index is 1.38. The summed E-state index contributed by atoms with van der Waals surface area (Å²) in [6, 6.07) is 13.2. The number of hydrogen-bond donors (Lipinski definition) is 1. The Hall–Kier alpha value is -3.92. The molecule has 0 aliphatic rings. The van der Waals surface area contributed by atoms with Gasteiger partial charge in [0.15, 0.2) is 29.1 Å². The molecule has 0 unspecified atom stereocenters. The first-order chi connectivity index (χ1) is 17.1. The maximum atomic E-state index is 13.9. The summed E-state index contributed by atoms with van der Waals surface area (Å²) < 4.78 is 74.5. The van der Waals surface area contributed by atoms with Crippen LogP contribution in [-0.4, -0.2) is 15.7 Å². The molecular formula is C25H17ClF5N3O2.